The van der Waals surface area contributed by atoms with Gasteiger partial charge in [0.25, 0.3) is 11.8 Å². The highest BCUT2D eigenvalue weighted by atomic mass is 16.2. The van der Waals surface area contributed by atoms with Crippen molar-refractivity contribution in [1.29, 1.82) is 0 Å². The van der Waals surface area contributed by atoms with Gasteiger partial charge in [-0.25, -0.2) is 4.98 Å². The lowest BCUT2D eigenvalue weighted by Gasteiger charge is -2.33. The van der Waals surface area contributed by atoms with Crippen LogP contribution in [0.1, 0.15) is 39.4 Å². The van der Waals surface area contributed by atoms with Gasteiger partial charge in [-0.15, -0.1) is 0 Å². The molecule has 1 aromatic carbocycles. The SMILES string of the molecule is Cc1nccn1CC1CCN(C(=O)CN2C(=O)c3ccccc3C2=O)CC1. The molecule has 1 aromatic heterocycles. The third kappa shape index (κ3) is 3.25. The second-order valence-corrected chi connectivity index (χ2v) is 7.19. The van der Waals surface area contributed by atoms with Gasteiger partial charge in [0.15, 0.2) is 0 Å². The van der Waals surface area contributed by atoms with Crippen molar-refractivity contribution >= 4 is 17.7 Å². The molecule has 0 bridgehead atoms. The van der Waals surface area contributed by atoms with Gasteiger partial charge in [0.2, 0.25) is 5.91 Å². The molecule has 0 unspecified atom stereocenters. The van der Waals surface area contributed by atoms with E-state index in [1.165, 1.54) is 0 Å². The summed E-state index contributed by atoms with van der Waals surface area (Å²) in [6.45, 7) is 4.02. The third-order valence-corrected chi connectivity index (χ3v) is 5.52. The quantitative estimate of drug-likeness (QED) is 0.772. The van der Waals surface area contributed by atoms with Crippen molar-refractivity contribution in [1.82, 2.24) is 19.4 Å². The van der Waals surface area contributed by atoms with Crippen molar-refractivity contribution in [2.75, 3.05) is 19.6 Å². The normalized spacial score (nSPS) is 17.5. The number of carbonyl (C=O) groups excluding carboxylic acids is 3. The maximum absolute atomic E-state index is 12.6. The van der Waals surface area contributed by atoms with Gasteiger partial charge in [-0.2, -0.15) is 0 Å². The minimum atomic E-state index is -0.380. The summed E-state index contributed by atoms with van der Waals surface area (Å²) < 4.78 is 2.14. The molecule has 0 spiro atoms. The molecular formula is C20H22N4O3. The molecule has 0 atom stereocenters. The summed E-state index contributed by atoms with van der Waals surface area (Å²) in [5.41, 5.74) is 0.759. The van der Waals surface area contributed by atoms with Crippen molar-refractivity contribution in [3.05, 3.63) is 53.6 Å². The first kappa shape index (κ1) is 17.5. The monoisotopic (exact) mass is 366 g/mol. The van der Waals surface area contributed by atoms with E-state index in [9.17, 15) is 14.4 Å². The van der Waals surface area contributed by atoms with Crippen LogP contribution in [0, 0.1) is 12.8 Å². The summed E-state index contributed by atoms with van der Waals surface area (Å²) in [5, 5.41) is 0. The standard InChI is InChI=1S/C20H22N4O3/c1-14-21-8-11-23(14)12-15-6-9-22(10-7-15)18(25)13-24-19(26)16-4-2-3-5-17(16)20(24)27/h2-5,8,11,15H,6-7,9-10,12-13H2,1H3. The number of imidazole rings is 1. The number of fused-ring (bicyclic) bond motifs is 1. The fourth-order valence-corrected chi connectivity index (χ4v) is 3.86. The second kappa shape index (κ2) is 6.98. The van der Waals surface area contributed by atoms with E-state index >= 15 is 0 Å². The van der Waals surface area contributed by atoms with Crippen LogP contribution in [0.5, 0.6) is 0 Å². The van der Waals surface area contributed by atoms with Gasteiger partial charge < -0.3 is 9.47 Å². The Bertz CT molecular complexity index is 861. The number of aromatic nitrogens is 2. The Balaban J connectivity index is 1.33. The Kier molecular flexibility index (Phi) is 4.51. The average Bonchev–Trinajstić information content (AvgIpc) is 3.19. The molecule has 1 fully saturated rings. The number of likely N-dealkylation sites (tertiary alicyclic amines) is 1. The van der Waals surface area contributed by atoms with Crippen LogP contribution >= 0.6 is 0 Å². The largest absolute Gasteiger partial charge is 0.341 e. The van der Waals surface area contributed by atoms with E-state index < -0.39 is 0 Å². The summed E-state index contributed by atoms with van der Waals surface area (Å²) in [6, 6.07) is 6.71. The molecule has 4 rings (SSSR count). The second-order valence-electron chi connectivity index (χ2n) is 7.19. The zero-order valence-corrected chi connectivity index (χ0v) is 15.3. The van der Waals surface area contributed by atoms with E-state index in [0.29, 0.717) is 30.1 Å². The molecule has 2 aliphatic rings. The van der Waals surface area contributed by atoms with Crippen molar-refractivity contribution in [3.63, 3.8) is 0 Å². The third-order valence-electron chi connectivity index (χ3n) is 5.52. The smallest absolute Gasteiger partial charge is 0.262 e. The number of benzene rings is 1. The molecule has 0 N–H and O–H groups in total. The van der Waals surface area contributed by atoms with Gasteiger partial charge in [-0.05, 0) is 37.8 Å². The van der Waals surface area contributed by atoms with Crippen LogP contribution in [0.4, 0.5) is 0 Å². The lowest BCUT2D eigenvalue weighted by Crippen LogP contribution is -2.46. The van der Waals surface area contributed by atoms with E-state index in [1.807, 2.05) is 13.1 Å². The summed E-state index contributed by atoms with van der Waals surface area (Å²) in [4.78, 5) is 44.5. The predicted molar refractivity (Wildman–Crippen MR) is 98.1 cm³/mol. The van der Waals surface area contributed by atoms with E-state index in [-0.39, 0.29) is 24.3 Å². The van der Waals surface area contributed by atoms with Gasteiger partial charge in [0, 0.05) is 32.0 Å². The van der Waals surface area contributed by atoms with Crippen molar-refractivity contribution in [2.45, 2.75) is 26.3 Å². The van der Waals surface area contributed by atoms with Gasteiger partial charge >= 0.3 is 0 Å². The van der Waals surface area contributed by atoms with Gasteiger partial charge in [-0.3, -0.25) is 19.3 Å². The maximum atomic E-state index is 12.6. The Morgan fingerprint density at radius 1 is 1.11 bits per heavy atom. The highest BCUT2D eigenvalue weighted by Gasteiger charge is 2.37. The number of aryl methyl sites for hydroxylation is 1. The van der Waals surface area contributed by atoms with Crippen LogP contribution in [0.3, 0.4) is 0 Å². The minimum Gasteiger partial charge on any atom is -0.341 e. The first-order valence-corrected chi connectivity index (χ1v) is 9.25. The zero-order valence-electron chi connectivity index (χ0n) is 15.3. The summed E-state index contributed by atoms with van der Waals surface area (Å²) in [5.74, 6) is 0.575. The lowest BCUT2D eigenvalue weighted by atomic mass is 9.96. The number of nitrogens with zero attached hydrogens (tertiary/aromatic N) is 4. The van der Waals surface area contributed by atoms with Crippen LogP contribution in [-0.4, -0.2) is 56.7 Å². The average molecular weight is 366 g/mol. The molecule has 7 heteroatoms. The number of piperidine rings is 1. The van der Waals surface area contributed by atoms with E-state index in [0.717, 1.165) is 30.1 Å². The highest BCUT2D eigenvalue weighted by molar-refractivity contribution is 6.22. The molecule has 2 aliphatic heterocycles. The van der Waals surface area contributed by atoms with Crippen molar-refractivity contribution in [2.24, 2.45) is 5.92 Å². The number of amides is 3. The van der Waals surface area contributed by atoms with Crippen LogP contribution in [0.15, 0.2) is 36.7 Å². The molecule has 7 nitrogen and oxygen atoms in total. The van der Waals surface area contributed by atoms with Gasteiger partial charge in [-0.1, -0.05) is 12.1 Å². The number of imide groups is 1. The van der Waals surface area contributed by atoms with Crippen LogP contribution in [0.25, 0.3) is 0 Å². The van der Waals surface area contributed by atoms with Crippen LogP contribution in [-0.2, 0) is 11.3 Å². The highest BCUT2D eigenvalue weighted by Crippen LogP contribution is 2.24. The first-order valence-electron chi connectivity index (χ1n) is 9.25. The maximum Gasteiger partial charge on any atom is 0.262 e. The molecule has 3 amide bonds. The molecule has 0 aliphatic carbocycles. The van der Waals surface area contributed by atoms with Crippen molar-refractivity contribution in [3.8, 4) is 0 Å². The van der Waals surface area contributed by atoms with Gasteiger partial charge in [0.1, 0.15) is 12.4 Å². The van der Waals surface area contributed by atoms with E-state index in [1.54, 1.807) is 35.4 Å². The number of hydrogen-bond acceptors (Lipinski definition) is 4. The number of carbonyl (C=O) groups is 3. The Hall–Kier alpha value is -2.96. The number of rotatable bonds is 4. The van der Waals surface area contributed by atoms with Crippen molar-refractivity contribution < 1.29 is 14.4 Å². The summed E-state index contributed by atoms with van der Waals surface area (Å²) in [6.07, 6.45) is 5.60. The summed E-state index contributed by atoms with van der Waals surface area (Å²) >= 11 is 0. The fraction of sp³-hybridized carbons (Fsp3) is 0.400. The molecular weight excluding hydrogens is 344 g/mol. The Morgan fingerprint density at radius 2 is 1.74 bits per heavy atom. The molecule has 27 heavy (non-hydrogen) atoms. The Morgan fingerprint density at radius 3 is 2.30 bits per heavy atom. The van der Waals surface area contributed by atoms with E-state index in [2.05, 4.69) is 9.55 Å². The molecule has 3 heterocycles. The van der Waals surface area contributed by atoms with Crippen LogP contribution in [0.2, 0.25) is 0 Å². The molecule has 140 valence electrons. The fourth-order valence-electron chi connectivity index (χ4n) is 3.86. The first-order chi connectivity index (χ1) is 13.0. The van der Waals surface area contributed by atoms with E-state index in [4.69, 9.17) is 0 Å². The van der Waals surface area contributed by atoms with Gasteiger partial charge in [0.05, 0.1) is 11.1 Å². The molecule has 1 saturated heterocycles. The van der Waals surface area contributed by atoms with Crippen LogP contribution < -0.4 is 0 Å². The zero-order chi connectivity index (χ0) is 19.0. The number of hydrogen-bond donors (Lipinski definition) is 0. The topological polar surface area (TPSA) is 75.5 Å². The minimum absolute atomic E-state index is 0.165. The predicted octanol–water partition coefficient (Wildman–Crippen LogP) is 1.73. The molecule has 0 radical (unpaired) electrons. The summed E-state index contributed by atoms with van der Waals surface area (Å²) in [7, 11) is 0. The molecule has 0 saturated carbocycles. The Labute approximate surface area is 157 Å². The lowest BCUT2D eigenvalue weighted by molar-refractivity contribution is -0.132. The molecule has 2 aromatic rings.